The molecule has 0 aromatic heterocycles. The second-order valence-electron chi connectivity index (χ2n) is 6.32. The Hall–Kier alpha value is -1.20. The van der Waals surface area contributed by atoms with Gasteiger partial charge < -0.3 is 9.16 Å². The van der Waals surface area contributed by atoms with Crippen molar-refractivity contribution in [2.24, 2.45) is 0 Å². The molecule has 1 rings (SSSR count). The number of ether oxygens (including phenoxy) is 1. The summed E-state index contributed by atoms with van der Waals surface area (Å²) in [7, 11) is -0.582. The largest absolute Gasteiger partial charge is 0.494 e. The third kappa shape index (κ3) is 3.90. The summed E-state index contributed by atoms with van der Waals surface area (Å²) in [5.41, 5.74) is 0.307. The number of carbonyl (C=O) groups is 1. The van der Waals surface area contributed by atoms with Crippen LogP contribution in [-0.2, 0) is 4.43 Å². The predicted molar refractivity (Wildman–Crippen MR) is 80.4 cm³/mol. The van der Waals surface area contributed by atoms with Gasteiger partial charge in [0.2, 0.25) is 0 Å². The fourth-order valence-corrected chi connectivity index (χ4v) is 2.31. The fraction of sp³-hybridized carbons (Fsp3) is 0.533. The van der Waals surface area contributed by atoms with Crippen LogP contribution in [0, 0.1) is 5.82 Å². The first-order valence-corrected chi connectivity index (χ1v) is 9.50. The standard InChI is InChI=1S/C15H23FO3Si/c1-15(2,3)20(5,6)19-10-13(17)11-7-8-14(18-4)12(16)9-11/h7-9H,10H2,1-6H3. The maximum atomic E-state index is 13.6. The highest BCUT2D eigenvalue weighted by Crippen LogP contribution is 2.36. The minimum atomic E-state index is -1.97. The van der Waals surface area contributed by atoms with Crippen LogP contribution >= 0.6 is 0 Å². The maximum absolute atomic E-state index is 13.6. The van der Waals surface area contributed by atoms with Gasteiger partial charge in [0.15, 0.2) is 25.7 Å². The monoisotopic (exact) mass is 298 g/mol. The van der Waals surface area contributed by atoms with Gasteiger partial charge in [0.25, 0.3) is 0 Å². The molecule has 112 valence electrons. The maximum Gasteiger partial charge on any atom is 0.192 e. The second kappa shape index (κ2) is 6.05. The molecule has 1 aromatic carbocycles. The molecule has 0 radical (unpaired) electrons. The lowest BCUT2D eigenvalue weighted by Crippen LogP contribution is -2.42. The topological polar surface area (TPSA) is 35.5 Å². The molecule has 0 aliphatic carbocycles. The van der Waals surface area contributed by atoms with E-state index >= 15 is 0 Å². The molecule has 0 heterocycles. The van der Waals surface area contributed by atoms with Gasteiger partial charge in [-0.3, -0.25) is 4.79 Å². The molecule has 0 aliphatic rings. The van der Waals surface area contributed by atoms with Gasteiger partial charge >= 0.3 is 0 Å². The van der Waals surface area contributed by atoms with Crippen LogP contribution in [0.4, 0.5) is 4.39 Å². The van der Waals surface area contributed by atoms with E-state index in [0.29, 0.717) is 5.56 Å². The molecule has 0 saturated carbocycles. The number of benzene rings is 1. The molecule has 0 spiro atoms. The minimum absolute atomic E-state index is 0.0116. The van der Waals surface area contributed by atoms with E-state index in [4.69, 9.17) is 9.16 Å². The Morgan fingerprint density at radius 2 is 1.90 bits per heavy atom. The summed E-state index contributed by atoms with van der Waals surface area (Å²) in [5, 5.41) is 0.0401. The molecule has 0 amide bonds. The number of hydrogen-bond donors (Lipinski definition) is 0. The Bertz CT molecular complexity index is 492. The van der Waals surface area contributed by atoms with Crippen LogP contribution in [0.2, 0.25) is 18.1 Å². The van der Waals surface area contributed by atoms with Crippen LogP contribution in [0.15, 0.2) is 18.2 Å². The molecule has 0 N–H and O–H groups in total. The van der Waals surface area contributed by atoms with Gasteiger partial charge in [-0.05, 0) is 36.3 Å². The predicted octanol–water partition coefficient (Wildman–Crippen LogP) is 4.04. The van der Waals surface area contributed by atoms with Crippen molar-refractivity contribution in [2.45, 2.75) is 38.9 Å². The van der Waals surface area contributed by atoms with E-state index in [-0.39, 0.29) is 23.2 Å². The van der Waals surface area contributed by atoms with Crippen LogP contribution in [0.5, 0.6) is 5.75 Å². The van der Waals surface area contributed by atoms with Crippen molar-refractivity contribution in [3.05, 3.63) is 29.6 Å². The second-order valence-corrected chi connectivity index (χ2v) is 11.1. The van der Waals surface area contributed by atoms with E-state index in [9.17, 15) is 9.18 Å². The van der Waals surface area contributed by atoms with Crippen molar-refractivity contribution in [3.63, 3.8) is 0 Å². The highest BCUT2D eigenvalue weighted by atomic mass is 28.4. The van der Waals surface area contributed by atoms with E-state index in [2.05, 4.69) is 33.9 Å². The summed E-state index contributed by atoms with van der Waals surface area (Å²) >= 11 is 0. The third-order valence-electron chi connectivity index (χ3n) is 3.84. The van der Waals surface area contributed by atoms with Crippen molar-refractivity contribution in [3.8, 4) is 5.75 Å². The van der Waals surface area contributed by atoms with Gasteiger partial charge in [-0.1, -0.05) is 20.8 Å². The molecule has 3 nitrogen and oxygen atoms in total. The Kier molecular flexibility index (Phi) is 5.10. The summed E-state index contributed by atoms with van der Waals surface area (Å²) in [5.74, 6) is -0.617. The average Bonchev–Trinajstić information content (AvgIpc) is 2.34. The van der Waals surface area contributed by atoms with Crippen LogP contribution < -0.4 is 4.74 Å². The smallest absolute Gasteiger partial charge is 0.192 e. The highest BCUT2D eigenvalue weighted by Gasteiger charge is 2.37. The summed E-state index contributed by atoms with van der Waals surface area (Å²) in [6.07, 6.45) is 0. The zero-order valence-corrected chi connectivity index (χ0v) is 14.0. The molecular weight excluding hydrogens is 275 g/mol. The SMILES string of the molecule is COc1ccc(C(=O)CO[Si](C)(C)C(C)(C)C)cc1F. The van der Waals surface area contributed by atoms with Crippen molar-refractivity contribution < 1.29 is 18.3 Å². The lowest BCUT2D eigenvalue weighted by atomic mass is 10.1. The van der Waals surface area contributed by atoms with Crippen molar-refractivity contribution in [2.75, 3.05) is 13.7 Å². The van der Waals surface area contributed by atoms with Crippen LogP contribution in [0.25, 0.3) is 0 Å². The van der Waals surface area contributed by atoms with Crippen molar-refractivity contribution in [1.29, 1.82) is 0 Å². The Morgan fingerprint density at radius 3 is 2.35 bits per heavy atom. The van der Waals surface area contributed by atoms with E-state index in [1.54, 1.807) is 6.07 Å². The molecule has 5 heteroatoms. The normalized spacial score (nSPS) is 12.3. The molecule has 0 unspecified atom stereocenters. The van der Waals surface area contributed by atoms with Gasteiger partial charge in [-0.15, -0.1) is 0 Å². The lowest BCUT2D eigenvalue weighted by molar-refractivity contribution is 0.0910. The molecule has 0 fully saturated rings. The molecule has 0 saturated heterocycles. The van der Waals surface area contributed by atoms with Crippen molar-refractivity contribution in [1.82, 2.24) is 0 Å². The third-order valence-corrected chi connectivity index (χ3v) is 8.32. The first kappa shape index (κ1) is 16.9. The van der Waals surface area contributed by atoms with E-state index < -0.39 is 14.1 Å². The number of hydrogen-bond acceptors (Lipinski definition) is 3. The summed E-state index contributed by atoms with van der Waals surface area (Å²) in [6, 6.07) is 4.20. The zero-order valence-electron chi connectivity index (χ0n) is 13.0. The number of ketones is 1. The Labute approximate surface area is 121 Å². The van der Waals surface area contributed by atoms with Gasteiger partial charge in [-0.25, -0.2) is 4.39 Å². The summed E-state index contributed by atoms with van der Waals surface area (Å²) in [4.78, 5) is 12.1. The molecular formula is C15H23FO3Si. The van der Waals surface area contributed by atoms with E-state index in [1.807, 2.05) is 0 Å². The summed E-state index contributed by atoms with van der Waals surface area (Å²) < 4.78 is 24.2. The number of methoxy groups -OCH3 is 1. The Balaban J connectivity index is 2.76. The molecule has 20 heavy (non-hydrogen) atoms. The zero-order chi connectivity index (χ0) is 15.6. The first-order valence-electron chi connectivity index (χ1n) is 6.59. The summed E-state index contributed by atoms with van der Waals surface area (Å²) in [6.45, 7) is 10.5. The molecule has 0 bridgehead atoms. The van der Waals surface area contributed by atoms with E-state index in [0.717, 1.165) is 0 Å². The molecule has 0 atom stereocenters. The first-order chi connectivity index (χ1) is 9.08. The number of rotatable bonds is 5. The fourth-order valence-electron chi connectivity index (χ4n) is 1.39. The van der Waals surface area contributed by atoms with Gasteiger partial charge in [0.1, 0.15) is 0 Å². The van der Waals surface area contributed by atoms with Gasteiger partial charge in [-0.2, -0.15) is 0 Å². The number of halogens is 1. The van der Waals surface area contributed by atoms with Crippen LogP contribution in [-0.4, -0.2) is 27.8 Å². The Morgan fingerprint density at radius 1 is 1.30 bits per heavy atom. The molecule has 0 aliphatic heterocycles. The highest BCUT2D eigenvalue weighted by molar-refractivity contribution is 6.74. The number of carbonyl (C=O) groups excluding carboxylic acids is 1. The van der Waals surface area contributed by atoms with Crippen LogP contribution in [0.1, 0.15) is 31.1 Å². The van der Waals surface area contributed by atoms with Crippen LogP contribution in [0.3, 0.4) is 0 Å². The van der Waals surface area contributed by atoms with Gasteiger partial charge in [0, 0.05) is 5.56 Å². The molecule has 1 aromatic rings. The average molecular weight is 298 g/mol. The van der Waals surface area contributed by atoms with Crippen molar-refractivity contribution >= 4 is 14.1 Å². The number of Topliss-reactive ketones (excluding diaryl/α,β-unsaturated/α-hetero) is 1. The van der Waals surface area contributed by atoms with Gasteiger partial charge in [0.05, 0.1) is 13.7 Å². The quantitative estimate of drug-likeness (QED) is 0.608. The van der Waals surface area contributed by atoms with E-state index in [1.165, 1.54) is 19.2 Å². The minimum Gasteiger partial charge on any atom is -0.494 e. The lowest BCUT2D eigenvalue weighted by Gasteiger charge is -2.35.